The van der Waals surface area contributed by atoms with Crippen LogP contribution in [0.15, 0.2) is 27.4 Å². The van der Waals surface area contributed by atoms with E-state index in [9.17, 15) is 14.4 Å². The molecule has 0 N–H and O–H groups in total. The predicted octanol–water partition coefficient (Wildman–Crippen LogP) is 4.26. The number of carbonyl (C=O) groups is 3. The minimum atomic E-state index is -1.42. The van der Waals surface area contributed by atoms with Gasteiger partial charge in [-0.05, 0) is 70.5 Å². The number of halogens is 2. The molecule has 2 unspecified atom stereocenters. The number of esters is 2. The first-order chi connectivity index (χ1) is 13.5. The Morgan fingerprint density at radius 1 is 1.31 bits per heavy atom. The fourth-order valence-electron chi connectivity index (χ4n) is 3.24. The van der Waals surface area contributed by atoms with Crippen molar-refractivity contribution in [2.24, 2.45) is 11.3 Å². The molecule has 0 bridgehead atoms. The maximum Gasteiger partial charge on any atom is 0.324 e. The van der Waals surface area contributed by atoms with Gasteiger partial charge in [0.15, 0.2) is 41.1 Å². The zero-order valence-electron chi connectivity index (χ0n) is 17.0. The maximum atomic E-state index is 13.0. The van der Waals surface area contributed by atoms with Crippen molar-refractivity contribution < 1.29 is 27.8 Å². The number of hydrogen-bond acceptors (Lipinski definition) is 6. The van der Waals surface area contributed by atoms with E-state index in [1.807, 2.05) is 32.3 Å². The van der Waals surface area contributed by atoms with Crippen molar-refractivity contribution in [2.75, 3.05) is 12.4 Å². The van der Waals surface area contributed by atoms with Crippen molar-refractivity contribution in [1.82, 2.24) is 0 Å². The second kappa shape index (κ2) is 9.92. The Hall–Kier alpha value is -0.930. The van der Waals surface area contributed by atoms with Crippen molar-refractivity contribution >= 4 is 61.5 Å². The van der Waals surface area contributed by atoms with E-state index in [1.54, 1.807) is 17.8 Å². The van der Waals surface area contributed by atoms with E-state index in [0.29, 0.717) is 18.8 Å². The molecular weight excluding hydrogens is 526 g/mol. The van der Waals surface area contributed by atoms with Gasteiger partial charge in [-0.3, -0.25) is 14.4 Å². The van der Waals surface area contributed by atoms with Gasteiger partial charge in [-0.15, -0.1) is 3.97 Å². The molecule has 0 spiro atoms. The molecule has 1 aliphatic heterocycles. The summed E-state index contributed by atoms with van der Waals surface area (Å²) in [5.41, 5.74) is -2.76. The summed E-state index contributed by atoms with van der Waals surface area (Å²) in [5, 5.41) is 0. The predicted molar refractivity (Wildman–Crippen MR) is 117 cm³/mol. The second-order valence-electron chi connectivity index (χ2n) is 7.76. The highest BCUT2D eigenvalue weighted by molar-refractivity contribution is 9.11. The lowest BCUT2D eigenvalue weighted by molar-refractivity contribution is -0.495. The third kappa shape index (κ3) is 5.82. The summed E-state index contributed by atoms with van der Waals surface area (Å²) in [5.74, 6) is -1.09. The van der Waals surface area contributed by atoms with E-state index in [4.69, 9.17) is 9.47 Å². The Morgan fingerprint density at radius 2 is 1.93 bits per heavy atom. The Balaban J connectivity index is 2.18. The molecule has 1 fully saturated rings. The van der Waals surface area contributed by atoms with E-state index in [0.717, 1.165) is 8.95 Å². The van der Waals surface area contributed by atoms with Gasteiger partial charge < -0.3 is 9.47 Å². The van der Waals surface area contributed by atoms with Gasteiger partial charge in [0.05, 0.1) is 15.6 Å². The standard InChI is InChI=1S/C20H26Br2NO5S/c1-5-27-17(25)20(7-6-13(2)3)12-19(4,28-18(20)26)16(24)11-29-23-9-14(21)8-15(22)10-23/h8-10,13H,5-7,11-12H2,1-4H3/q+1. The molecule has 29 heavy (non-hydrogen) atoms. The van der Waals surface area contributed by atoms with Crippen molar-refractivity contribution in [1.29, 1.82) is 0 Å². The molecule has 0 aromatic carbocycles. The van der Waals surface area contributed by atoms with Crippen LogP contribution in [0, 0.1) is 11.3 Å². The minimum absolute atomic E-state index is 0.0105. The van der Waals surface area contributed by atoms with Crippen molar-refractivity contribution in [3.05, 3.63) is 27.4 Å². The minimum Gasteiger partial charge on any atom is -0.465 e. The number of rotatable bonds is 9. The zero-order valence-corrected chi connectivity index (χ0v) is 21.0. The summed E-state index contributed by atoms with van der Waals surface area (Å²) < 4.78 is 14.2. The number of nitrogens with zero attached hydrogens (tertiary/aromatic N) is 1. The summed E-state index contributed by atoms with van der Waals surface area (Å²) >= 11 is 8.10. The fourth-order valence-corrected chi connectivity index (χ4v) is 5.70. The van der Waals surface area contributed by atoms with Crippen LogP contribution in [0.5, 0.6) is 0 Å². The van der Waals surface area contributed by atoms with Crippen LogP contribution in [0.1, 0.15) is 47.0 Å². The molecular formula is C20H26Br2NO5S+. The molecule has 1 aromatic heterocycles. The van der Waals surface area contributed by atoms with Gasteiger partial charge >= 0.3 is 11.9 Å². The van der Waals surface area contributed by atoms with Crippen molar-refractivity contribution in [2.45, 2.75) is 52.6 Å². The molecule has 2 heterocycles. The molecule has 1 aromatic rings. The number of Topliss-reactive ketones (excluding diaryl/α,β-unsaturated/α-hetero) is 1. The van der Waals surface area contributed by atoms with Crippen molar-refractivity contribution in [3.8, 4) is 0 Å². The largest absolute Gasteiger partial charge is 0.465 e. The zero-order chi connectivity index (χ0) is 21.8. The monoisotopic (exact) mass is 550 g/mol. The number of carbonyl (C=O) groups excluding carboxylic acids is 3. The highest BCUT2D eigenvalue weighted by Crippen LogP contribution is 2.46. The average molecular weight is 552 g/mol. The number of cyclic esters (lactones) is 1. The second-order valence-corrected chi connectivity index (χ2v) is 10.6. The maximum absolute atomic E-state index is 13.0. The Kier molecular flexibility index (Phi) is 8.32. The van der Waals surface area contributed by atoms with Gasteiger partial charge in [0.2, 0.25) is 0 Å². The van der Waals surface area contributed by atoms with E-state index in [1.165, 1.54) is 11.9 Å². The SMILES string of the molecule is CCOC(=O)C1(CCC(C)C)CC(C)(C(=O)CS[n+]2cc(Br)cc(Br)c2)OC1=O. The molecule has 0 saturated carbocycles. The smallest absolute Gasteiger partial charge is 0.324 e. The first-order valence-corrected chi connectivity index (χ1v) is 12.0. The van der Waals surface area contributed by atoms with Gasteiger partial charge in [0.1, 0.15) is 5.75 Å². The quantitative estimate of drug-likeness (QED) is 0.259. The lowest BCUT2D eigenvalue weighted by Crippen LogP contribution is -2.41. The number of pyridine rings is 1. The first-order valence-electron chi connectivity index (χ1n) is 9.47. The molecule has 1 saturated heterocycles. The van der Waals surface area contributed by atoms with Crippen LogP contribution in [0.2, 0.25) is 0 Å². The summed E-state index contributed by atoms with van der Waals surface area (Å²) in [4.78, 5) is 38.5. The van der Waals surface area contributed by atoms with Gasteiger partial charge in [-0.1, -0.05) is 13.8 Å². The van der Waals surface area contributed by atoms with Crippen LogP contribution in [0.25, 0.3) is 0 Å². The highest BCUT2D eigenvalue weighted by Gasteiger charge is 2.62. The summed E-state index contributed by atoms with van der Waals surface area (Å²) in [6.07, 6.45) is 4.64. The lowest BCUT2D eigenvalue weighted by Gasteiger charge is -2.24. The van der Waals surface area contributed by atoms with Crippen molar-refractivity contribution in [3.63, 3.8) is 0 Å². The fraction of sp³-hybridized carbons (Fsp3) is 0.600. The Labute approximate surface area is 192 Å². The molecule has 0 aliphatic carbocycles. The molecule has 160 valence electrons. The molecule has 9 heteroatoms. The van der Waals surface area contributed by atoms with Crippen LogP contribution in [0.4, 0.5) is 0 Å². The topological polar surface area (TPSA) is 73.6 Å². The van der Waals surface area contributed by atoms with Crippen LogP contribution in [-0.2, 0) is 23.9 Å². The third-order valence-electron chi connectivity index (χ3n) is 4.87. The van der Waals surface area contributed by atoms with Gasteiger partial charge in [0.25, 0.3) is 0 Å². The number of ether oxygens (including phenoxy) is 2. The molecule has 6 nitrogen and oxygen atoms in total. The highest BCUT2D eigenvalue weighted by atomic mass is 79.9. The Bertz CT molecular complexity index is 783. The lowest BCUT2D eigenvalue weighted by atomic mass is 9.75. The molecule has 2 atom stereocenters. The number of hydrogen-bond donors (Lipinski definition) is 0. The molecule has 2 rings (SSSR count). The summed E-state index contributed by atoms with van der Waals surface area (Å²) in [6.45, 7) is 7.50. The van der Waals surface area contributed by atoms with Crippen LogP contribution in [0.3, 0.4) is 0 Å². The van der Waals surface area contributed by atoms with E-state index in [-0.39, 0.29) is 24.6 Å². The summed E-state index contributed by atoms with van der Waals surface area (Å²) in [6, 6.07) is 1.89. The van der Waals surface area contributed by atoms with Crippen LogP contribution >= 0.6 is 43.8 Å². The van der Waals surface area contributed by atoms with E-state index in [2.05, 4.69) is 31.9 Å². The number of ketones is 1. The number of aromatic nitrogens is 1. The molecule has 0 radical (unpaired) electrons. The van der Waals surface area contributed by atoms with E-state index >= 15 is 0 Å². The van der Waals surface area contributed by atoms with Gasteiger partial charge in [0, 0.05) is 6.42 Å². The van der Waals surface area contributed by atoms with Gasteiger partial charge in [-0.25, -0.2) is 0 Å². The third-order valence-corrected chi connectivity index (χ3v) is 6.64. The summed E-state index contributed by atoms with van der Waals surface area (Å²) in [7, 11) is 0. The average Bonchev–Trinajstić information content (AvgIpc) is 2.89. The van der Waals surface area contributed by atoms with Gasteiger partial charge in [-0.2, -0.15) is 0 Å². The van der Waals surface area contributed by atoms with Crippen LogP contribution < -0.4 is 3.97 Å². The van der Waals surface area contributed by atoms with Crippen LogP contribution in [-0.4, -0.2) is 35.7 Å². The molecule has 1 aliphatic rings. The van der Waals surface area contributed by atoms with E-state index < -0.39 is 23.0 Å². The Morgan fingerprint density at radius 3 is 2.48 bits per heavy atom. The molecule has 0 amide bonds. The normalized spacial score (nSPS) is 23.9. The first kappa shape index (κ1) is 24.3.